The van der Waals surface area contributed by atoms with E-state index in [1.165, 1.54) is 5.56 Å². The van der Waals surface area contributed by atoms with Crippen LogP contribution in [0.15, 0.2) is 18.2 Å². The van der Waals surface area contributed by atoms with Gasteiger partial charge in [-0.25, -0.2) is 0 Å². The van der Waals surface area contributed by atoms with E-state index in [-0.39, 0.29) is 0 Å². The summed E-state index contributed by atoms with van der Waals surface area (Å²) in [5, 5.41) is 7.10. The molecular weight excluding hydrogens is 238 g/mol. The summed E-state index contributed by atoms with van der Waals surface area (Å²) in [7, 11) is 1.70. The van der Waals surface area contributed by atoms with E-state index >= 15 is 0 Å². The zero-order valence-electron chi connectivity index (χ0n) is 11.9. The molecule has 3 N–H and O–H groups in total. The Kier molecular flexibility index (Phi) is 3.79. The van der Waals surface area contributed by atoms with E-state index in [0.29, 0.717) is 11.7 Å². The van der Waals surface area contributed by atoms with Gasteiger partial charge in [0.05, 0.1) is 7.11 Å². The molecule has 19 heavy (non-hydrogen) atoms. The van der Waals surface area contributed by atoms with E-state index in [1.807, 2.05) is 12.1 Å². The zero-order valence-corrected chi connectivity index (χ0v) is 11.9. The number of H-pyrrole nitrogens is 1. The Morgan fingerprint density at radius 2 is 2.11 bits per heavy atom. The standard InChI is InChI=1S/C15H21N3O/c1-5-12-14(15(16)18-17-12)10-6-7-13(19-4)11(8-10)9(2)3/h6-9H,5H2,1-4H3,(H3,16,17,18). The van der Waals surface area contributed by atoms with Crippen molar-refractivity contribution in [2.75, 3.05) is 12.8 Å². The van der Waals surface area contributed by atoms with Crippen molar-refractivity contribution in [3.05, 3.63) is 29.5 Å². The van der Waals surface area contributed by atoms with Gasteiger partial charge in [-0.2, -0.15) is 5.10 Å². The highest BCUT2D eigenvalue weighted by atomic mass is 16.5. The first-order valence-corrected chi connectivity index (χ1v) is 6.59. The molecule has 0 amide bonds. The summed E-state index contributed by atoms with van der Waals surface area (Å²) >= 11 is 0. The number of methoxy groups -OCH3 is 1. The summed E-state index contributed by atoms with van der Waals surface area (Å²) in [5.74, 6) is 1.86. The van der Waals surface area contributed by atoms with Gasteiger partial charge in [-0.05, 0) is 35.6 Å². The molecule has 1 heterocycles. The first kappa shape index (κ1) is 13.5. The van der Waals surface area contributed by atoms with Crippen LogP contribution in [0, 0.1) is 0 Å². The predicted molar refractivity (Wildman–Crippen MR) is 78.5 cm³/mol. The summed E-state index contributed by atoms with van der Waals surface area (Å²) in [5.41, 5.74) is 10.3. The SMILES string of the molecule is CCc1[nH]nc(N)c1-c1ccc(OC)c(C(C)C)c1. The van der Waals surface area contributed by atoms with Gasteiger partial charge in [-0.3, -0.25) is 5.10 Å². The Morgan fingerprint density at radius 1 is 1.37 bits per heavy atom. The van der Waals surface area contributed by atoms with Crippen LogP contribution in [0.2, 0.25) is 0 Å². The summed E-state index contributed by atoms with van der Waals surface area (Å²) in [6.07, 6.45) is 0.878. The van der Waals surface area contributed by atoms with E-state index in [2.05, 4.69) is 37.0 Å². The van der Waals surface area contributed by atoms with Gasteiger partial charge in [-0.15, -0.1) is 0 Å². The van der Waals surface area contributed by atoms with Crippen molar-refractivity contribution in [1.82, 2.24) is 10.2 Å². The van der Waals surface area contributed by atoms with Gasteiger partial charge < -0.3 is 10.5 Å². The molecule has 102 valence electrons. The van der Waals surface area contributed by atoms with E-state index < -0.39 is 0 Å². The molecule has 0 aliphatic rings. The van der Waals surface area contributed by atoms with Gasteiger partial charge in [-0.1, -0.05) is 26.8 Å². The van der Waals surface area contributed by atoms with Crippen LogP contribution in [0.5, 0.6) is 5.75 Å². The van der Waals surface area contributed by atoms with Crippen molar-refractivity contribution in [2.24, 2.45) is 0 Å². The quantitative estimate of drug-likeness (QED) is 0.885. The number of aromatic nitrogens is 2. The molecule has 0 radical (unpaired) electrons. The second-order valence-electron chi connectivity index (χ2n) is 4.93. The summed E-state index contributed by atoms with van der Waals surface area (Å²) in [6, 6.07) is 6.17. The van der Waals surface area contributed by atoms with Crippen molar-refractivity contribution in [1.29, 1.82) is 0 Å². The highest BCUT2D eigenvalue weighted by Crippen LogP contribution is 2.34. The Balaban J connectivity index is 2.57. The van der Waals surface area contributed by atoms with Crippen molar-refractivity contribution in [3.63, 3.8) is 0 Å². The lowest BCUT2D eigenvalue weighted by molar-refractivity contribution is 0.407. The van der Waals surface area contributed by atoms with Gasteiger partial charge in [0.25, 0.3) is 0 Å². The molecule has 0 spiro atoms. The van der Waals surface area contributed by atoms with Gasteiger partial charge in [0.2, 0.25) is 0 Å². The fourth-order valence-corrected chi connectivity index (χ4v) is 2.31. The average molecular weight is 259 g/mol. The number of nitrogens with two attached hydrogens (primary N) is 1. The number of ether oxygens (including phenoxy) is 1. The van der Waals surface area contributed by atoms with Gasteiger partial charge in [0.1, 0.15) is 5.75 Å². The molecule has 4 nitrogen and oxygen atoms in total. The number of nitrogens with one attached hydrogen (secondary N) is 1. The maximum atomic E-state index is 5.97. The van der Waals surface area contributed by atoms with Crippen LogP contribution < -0.4 is 10.5 Å². The Hall–Kier alpha value is -1.97. The van der Waals surface area contributed by atoms with Crippen LogP contribution in [0.25, 0.3) is 11.1 Å². The minimum atomic E-state index is 0.396. The monoisotopic (exact) mass is 259 g/mol. The van der Waals surface area contributed by atoms with Gasteiger partial charge in [0, 0.05) is 11.3 Å². The van der Waals surface area contributed by atoms with Crippen molar-refractivity contribution in [3.8, 4) is 16.9 Å². The topological polar surface area (TPSA) is 63.9 Å². The van der Waals surface area contributed by atoms with Gasteiger partial charge in [0.15, 0.2) is 5.82 Å². The normalized spacial score (nSPS) is 11.0. The summed E-state index contributed by atoms with van der Waals surface area (Å²) in [6.45, 7) is 6.39. The lowest BCUT2D eigenvalue weighted by Gasteiger charge is -2.14. The van der Waals surface area contributed by atoms with Crippen LogP contribution in [-0.4, -0.2) is 17.3 Å². The second kappa shape index (κ2) is 5.34. The number of rotatable bonds is 4. The van der Waals surface area contributed by atoms with Crippen molar-refractivity contribution < 1.29 is 4.74 Å². The number of anilines is 1. The molecule has 0 aliphatic carbocycles. The molecule has 0 saturated heterocycles. The molecule has 2 rings (SSSR count). The number of aromatic amines is 1. The number of aryl methyl sites for hydroxylation is 1. The molecule has 1 aromatic carbocycles. The molecule has 0 aliphatic heterocycles. The van der Waals surface area contributed by atoms with Crippen LogP contribution in [0.4, 0.5) is 5.82 Å². The van der Waals surface area contributed by atoms with Crippen molar-refractivity contribution in [2.45, 2.75) is 33.1 Å². The Labute approximate surface area is 114 Å². The average Bonchev–Trinajstić information content (AvgIpc) is 2.79. The molecule has 0 bridgehead atoms. The number of hydrogen-bond donors (Lipinski definition) is 2. The number of nitrogens with zero attached hydrogens (tertiary/aromatic N) is 1. The minimum Gasteiger partial charge on any atom is -0.496 e. The molecular formula is C15H21N3O. The first-order chi connectivity index (χ1) is 9.08. The fourth-order valence-electron chi connectivity index (χ4n) is 2.31. The highest BCUT2D eigenvalue weighted by Gasteiger charge is 2.15. The smallest absolute Gasteiger partial charge is 0.153 e. The highest BCUT2D eigenvalue weighted by molar-refractivity contribution is 5.77. The molecule has 0 unspecified atom stereocenters. The number of benzene rings is 1. The molecule has 0 fully saturated rings. The maximum Gasteiger partial charge on any atom is 0.153 e. The third-order valence-corrected chi connectivity index (χ3v) is 3.36. The van der Waals surface area contributed by atoms with Crippen LogP contribution in [-0.2, 0) is 6.42 Å². The van der Waals surface area contributed by atoms with Crippen LogP contribution >= 0.6 is 0 Å². The second-order valence-corrected chi connectivity index (χ2v) is 4.93. The minimum absolute atomic E-state index is 0.396. The maximum absolute atomic E-state index is 5.97. The van der Waals surface area contributed by atoms with Crippen molar-refractivity contribution >= 4 is 5.82 Å². The molecule has 2 aromatic rings. The van der Waals surface area contributed by atoms with Gasteiger partial charge >= 0.3 is 0 Å². The lowest BCUT2D eigenvalue weighted by atomic mass is 9.96. The fraction of sp³-hybridized carbons (Fsp3) is 0.400. The molecule has 4 heteroatoms. The van der Waals surface area contributed by atoms with E-state index in [1.54, 1.807) is 7.11 Å². The lowest BCUT2D eigenvalue weighted by Crippen LogP contribution is -1.96. The van der Waals surface area contributed by atoms with E-state index in [4.69, 9.17) is 10.5 Å². The Bertz CT molecular complexity index is 573. The van der Waals surface area contributed by atoms with Crippen LogP contribution in [0.3, 0.4) is 0 Å². The summed E-state index contributed by atoms with van der Waals surface area (Å²) < 4.78 is 5.41. The third-order valence-electron chi connectivity index (χ3n) is 3.36. The van der Waals surface area contributed by atoms with E-state index in [0.717, 1.165) is 29.0 Å². The molecule has 1 aromatic heterocycles. The van der Waals surface area contributed by atoms with E-state index in [9.17, 15) is 0 Å². The number of hydrogen-bond acceptors (Lipinski definition) is 3. The van der Waals surface area contributed by atoms with Crippen LogP contribution in [0.1, 0.15) is 37.9 Å². The summed E-state index contributed by atoms with van der Waals surface area (Å²) in [4.78, 5) is 0. The molecule has 0 atom stereocenters. The number of nitrogen functional groups attached to an aromatic ring is 1. The predicted octanol–water partition coefficient (Wildman–Crippen LogP) is 3.35. The molecule has 0 saturated carbocycles. The Morgan fingerprint density at radius 3 is 2.68 bits per heavy atom. The largest absolute Gasteiger partial charge is 0.496 e. The first-order valence-electron chi connectivity index (χ1n) is 6.59. The zero-order chi connectivity index (χ0) is 14.0. The third kappa shape index (κ3) is 2.43.